The Morgan fingerprint density at radius 2 is 2.07 bits per heavy atom. The summed E-state index contributed by atoms with van der Waals surface area (Å²) in [4.78, 5) is 25.6. The van der Waals surface area contributed by atoms with E-state index in [1.165, 1.54) is 11.8 Å². The average Bonchev–Trinajstić information content (AvgIpc) is 3.02. The van der Waals surface area contributed by atoms with Gasteiger partial charge in [-0.3, -0.25) is 5.32 Å². The topological polar surface area (TPSA) is 104 Å². The van der Waals surface area contributed by atoms with Gasteiger partial charge in [0, 0.05) is 24.4 Å². The molecule has 1 heterocycles. The largest absolute Gasteiger partial charge is 0.496 e. The van der Waals surface area contributed by atoms with Crippen molar-refractivity contribution in [2.45, 2.75) is 10.8 Å². The first-order valence-electron chi connectivity index (χ1n) is 8.09. The Morgan fingerprint density at radius 3 is 2.74 bits per heavy atom. The van der Waals surface area contributed by atoms with Crippen LogP contribution >= 0.6 is 23.3 Å². The molecule has 27 heavy (non-hydrogen) atoms. The lowest BCUT2D eigenvalue weighted by atomic mass is 10.2. The number of methoxy groups -OCH3 is 1. The van der Waals surface area contributed by atoms with Crippen molar-refractivity contribution in [3.05, 3.63) is 35.4 Å². The maximum atomic E-state index is 12.0. The van der Waals surface area contributed by atoms with Crippen LogP contribution in [0.4, 0.5) is 9.80 Å². The Kier molecular flexibility index (Phi) is 7.89. The van der Waals surface area contributed by atoms with E-state index in [9.17, 15) is 14.7 Å². The van der Waals surface area contributed by atoms with E-state index in [-0.39, 0.29) is 10.6 Å². The number of para-hydroxylation sites is 1. The van der Waals surface area contributed by atoms with Gasteiger partial charge in [-0.15, -0.1) is 0 Å². The van der Waals surface area contributed by atoms with E-state index < -0.39 is 12.0 Å². The van der Waals surface area contributed by atoms with E-state index in [2.05, 4.69) is 15.0 Å². The number of aromatic carboxylic acids is 1. The number of hydrogen-bond acceptors (Lipinski definition) is 7. The van der Waals surface area contributed by atoms with Crippen LogP contribution in [0.25, 0.3) is 0 Å². The molecule has 2 rings (SSSR count). The number of carboxylic acids is 1. The predicted molar refractivity (Wildman–Crippen MR) is 107 cm³/mol. The Hall–Kier alpha value is -2.30. The molecule has 0 bridgehead atoms. The molecule has 0 atom stereocenters. The maximum Gasteiger partial charge on any atom is 0.341 e. The predicted octanol–water partition coefficient (Wildman–Crippen LogP) is 2.83. The van der Waals surface area contributed by atoms with Crippen molar-refractivity contribution in [1.82, 2.24) is 14.6 Å². The van der Waals surface area contributed by atoms with Gasteiger partial charge in [-0.25, -0.2) is 9.59 Å². The first kappa shape index (κ1) is 21.0. The van der Waals surface area contributed by atoms with E-state index in [0.29, 0.717) is 23.9 Å². The van der Waals surface area contributed by atoms with Crippen LogP contribution in [0, 0.1) is 0 Å². The first-order chi connectivity index (χ1) is 12.9. The van der Waals surface area contributed by atoms with Gasteiger partial charge in [-0.05, 0) is 31.7 Å². The number of nitrogens with one attached hydrogen (secondary N) is 2. The fraction of sp³-hybridized carbons (Fsp3) is 0.353. The molecule has 0 fully saturated rings. The quantitative estimate of drug-likeness (QED) is 0.546. The molecule has 0 saturated heterocycles. The van der Waals surface area contributed by atoms with Crippen LogP contribution in [0.2, 0.25) is 0 Å². The number of anilines is 1. The molecule has 146 valence electrons. The summed E-state index contributed by atoms with van der Waals surface area (Å²) in [6, 6.07) is 7.07. The van der Waals surface area contributed by atoms with Crippen molar-refractivity contribution in [3.8, 4) is 5.75 Å². The molecular formula is C17H22N4O4S2. The number of rotatable bonds is 9. The zero-order valence-electron chi connectivity index (χ0n) is 15.3. The third-order valence-corrected chi connectivity index (χ3v) is 5.41. The Balaban J connectivity index is 2.06. The van der Waals surface area contributed by atoms with E-state index in [1.807, 2.05) is 43.3 Å². The van der Waals surface area contributed by atoms with Gasteiger partial charge in [-0.1, -0.05) is 30.0 Å². The van der Waals surface area contributed by atoms with Crippen LogP contribution in [-0.2, 0) is 5.75 Å². The lowest BCUT2D eigenvalue weighted by molar-refractivity contribution is 0.0694. The fourth-order valence-electron chi connectivity index (χ4n) is 2.16. The van der Waals surface area contributed by atoms with Gasteiger partial charge >= 0.3 is 12.0 Å². The Morgan fingerprint density at radius 1 is 1.33 bits per heavy atom. The van der Waals surface area contributed by atoms with E-state index >= 15 is 0 Å². The Bertz CT molecular complexity index is 795. The minimum absolute atomic E-state index is 0.00246. The van der Waals surface area contributed by atoms with Crippen molar-refractivity contribution < 1.29 is 19.4 Å². The van der Waals surface area contributed by atoms with Crippen molar-refractivity contribution in [2.75, 3.05) is 39.6 Å². The van der Waals surface area contributed by atoms with E-state index in [0.717, 1.165) is 22.8 Å². The smallest absolute Gasteiger partial charge is 0.341 e. The number of ether oxygens (including phenoxy) is 1. The number of carbonyl (C=O) groups is 2. The third-order valence-electron chi connectivity index (χ3n) is 3.50. The number of thioether (sulfide) groups is 1. The second-order valence-electron chi connectivity index (χ2n) is 5.78. The number of hydrogen-bond donors (Lipinski definition) is 3. The van der Waals surface area contributed by atoms with Crippen LogP contribution in [0.1, 0.15) is 15.9 Å². The van der Waals surface area contributed by atoms with Crippen LogP contribution in [0.3, 0.4) is 0 Å². The number of amides is 2. The number of carboxylic acid groups (broad SMARTS) is 1. The molecular weight excluding hydrogens is 388 g/mol. The summed E-state index contributed by atoms with van der Waals surface area (Å²) in [7, 11) is 5.39. The SMILES string of the molecule is COc1ccccc1CSc1nsc(NC(=O)NCCN(C)C)c1C(=O)O. The standard InChI is InChI=1S/C17H22N4O4S2/c1-21(2)9-8-18-17(24)19-14-13(16(22)23)15(20-27-14)26-10-11-6-4-5-7-12(11)25-3/h4-7H,8-10H2,1-3H3,(H,22,23)(H2,18,19,24). The summed E-state index contributed by atoms with van der Waals surface area (Å²) < 4.78 is 9.51. The molecule has 0 aliphatic heterocycles. The fourth-order valence-corrected chi connectivity index (χ4v) is 4.09. The molecule has 10 heteroatoms. The molecule has 0 radical (unpaired) electrons. The monoisotopic (exact) mass is 410 g/mol. The highest BCUT2D eigenvalue weighted by Crippen LogP contribution is 2.35. The van der Waals surface area contributed by atoms with Crippen molar-refractivity contribution in [3.63, 3.8) is 0 Å². The normalized spacial score (nSPS) is 10.7. The van der Waals surface area contributed by atoms with Crippen LogP contribution < -0.4 is 15.4 Å². The molecule has 0 unspecified atom stereocenters. The van der Waals surface area contributed by atoms with Gasteiger partial charge in [0.1, 0.15) is 21.3 Å². The zero-order valence-corrected chi connectivity index (χ0v) is 16.9. The van der Waals surface area contributed by atoms with Gasteiger partial charge in [0.05, 0.1) is 7.11 Å². The Labute approximate surface area is 166 Å². The number of aromatic nitrogens is 1. The summed E-state index contributed by atoms with van der Waals surface area (Å²) in [5.41, 5.74) is 0.938. The molecule has 8 nitrogen and oxygen atoms in total. The molecule has 1 aromatic carbocycles. The number of nitrogens with zero attached hydrogens (tertiary/aromatic N) is 2. The van der Waals surface area contributed by atoms with Gasteiger partial charge in [0.15, 0.2) is 0 Å². The van der Waals surface area contributed by atoms with Gasteiger partial charge in [0.25, 0.3) is 0 Å². The van der Waals surface area contributed by atoms with Gasteiger partial charge < -0.3 is 20.1 Å². The van der Waals surface area contributed by atoms with E-state index in [1.54, 1.807) is 7.11 Å². The van der Waals surface area contributed by atoms with E-state index in [4.69, 9.17) is 4.74 Å². The highest BCUT2D eigenvalue weighted by Gasteiger charge is 2.22. The molecule has 2 amide bonds. The number of benzene rings is 1. The summed E-state index contributed by atoms with van der Waals surface area (Å²) >= 11 is 2.24. The lowest BCUT2D eigenvalue weighted by Gasteiger charge is -2.11. The second kappa shape index (κ2) is 10.1. The average molecular weight is 411 g/mol. The highest BCUT2D eigenvalue weighted by molar-refractivity contribution is 7.98. The van der Waals surface area contributed by atoms with Crippen molar-refractivity contribution >= 4 is 40.3 Å². The molecule has 1 aromatic heterocycles. The van der Waals surface area contributed by atoms with Crippen LogP contribution in [0.5, 0.6) is 5.75 Å². The number of urea groups is 1. The first-order valence-corrected chi connectivity index (χ1v) is 9.85. The molecule has 0 aliphatic rings. The molecule has 0 aliphatic carbocycles. The zero-order chi connectivity index (χ0) is 19.8. The summed E-state index contributed by atoms with van der Waals surface area (Å²) in [5.74, 6) is 0.105. The summed E-state index contributed by atoms with van der Waals surface area (Å²) in [6.45, 7) is 1.14. The lowest BCUT2D eigenvalue weighted by Crippen LogP contribution is -2.34. The highest BCUT2D eigenvalue weighted by atomic mass is 32.2. The minimum Gasteiger partial charge on any atom is -0.496 e. The molecule has 3 N–H and O–H groups in total. The minimum atomic E-state index is -1.13. The molecule has 2 aromatic rings. The van der Waals surface area contributed by atoms with Gasteiger partial charge in [-0.2, -0.15) is 4.37 Å². The second-order valence-corrected chi connectivity index (χ2v) is 7.52. The maximum absolute atomic E-state index is 12.0. The number of carbonyl (C=O) groups excluding carboxylic acids is 1. The van der Waals surface area contributed by atoms with Crippen LogP contribution in [0.15, 0.2) is 29.3 Å². The molecule has 0 saturated carbocycles. The summed E-state index contributed by atoms with van der Waals surface area (Å²) in [5, 5.41) is 15.4. The molecule has 0 spiro atoms. The van der Waals surface area contributed by atoms with Crippen molar-refractivity contribution in [1.29, 1.82) is 0 Å². The van der Waals surface area contributed by atoms with Gasteiger partial charge in [0.2, 0.25) is 0 Å². The van der Waals surface area contributed by atoms with Crippen LogP contribution in [-0.4, -0.2) is 60.7 Å². The third kappa shape index (κ3) is 6.12. The van der Waals surface area contributed by atoms with Crippen molar-refractivity contribution in [2.24, 2.45) is 0 Å². The number of likely N-dealkylation sites (N-methyl/N-ethyl adjacent to an activating group) is 1. The summed E-state index contributed by atoms with van der Waals surface area (Å²) in [6.07, 6.45) is 0.